The average molecular weight is 285 g/mol. The van der Waals surface area contributed by atoms with Gasteiger partial charge in [0.2, 0.25) is 0 Å². The zero-order valence-corrected chi connectivity index (χ0v) is 12.8. The van der Waals surface area contributed by atoms with Crippen molar-refractivity contribution in [1.29, 1.82) is 0 Å². The summed E-state index contributed by atoms with van der Waals surface area (Å²) in [7, 11) is 0. The largest absolute Gasteiger partial charge is 0.381 e. The molecule has 0 aromatic heterocycles. The van der Waals surface area contributed by atoms with Crippen molar-refractivity contribution in [3.05, 3.63) is 48.0 Å². The van der Waals surface area contributed by atoms with Gasteiger partial charge < -0.3 is 10.1 Å². The molecule has 0 saturated carbocycles. The van der Waals surface area contributed by atoms with E-state index in [1.165, 1.54) is 0 Å². The molecule has 112 valence electrons. The maximum absolute atomic E-state index is 12.2. The van der Waals surface area contributed by atoms with Gasteiger partial charge in [0, 0.05) is 25.3 Å². The highest BCUT2D eigenvalue weighted by molar-refractivity contribution is 6.06. The van der Waals surface area contributed by atoms with Crippen LogP contribution in [0.5, 0.6) is 0 Å². The number of nitrogens with one attached hydrogen (secondary N) is 1. The molecule has 0 aliphatic carbocycles. The fraction of sp³-hybridized carbons (Fsp3) is 0.389. The van der Waals surface area contributed by atoms with Crippen molar-refractivity contribution in [2.75, 3.05) is 19.8 Å². The number of fused-ring (bicyclic) bond motifs is 1. The summed E-state index contributed by atoms with van der Waals surface area (Å²) < 4.78 is 5.50. The molecule has 1 N–H and O–H groups in total. The van der Waals surface area contributed by atoms with Gasteiger partial charge in [-0.05, 0) is 29.2 Å². The van der Waals surface area contributed by atoms with Gasteiger partial charge in [0.25, 0.3) is 5.91 Å². The van der Waals surface area contributed by atoms with E-state index in [1.807, 2.05) is 42.5 Å². The van der Waals surface area contributed by atoms with Gasteiger partial charge in [-0.3, -0.25) is 4.79 Å². The van der Waals surface area contributed by atoms with Crippen LogP contribution in [0.15, 0.2) is 42.5 Å². The third-order valence-corrected chi connectivity index (χ3v) is 3.24. The number of hydrogen-bond donors (Lipinski definition) is 1. The number of carbonyl (C=O) groups is 1. The molecule has 0 saturated heterocycles. The Balaban J connectivity index is 1.85. The molecule has 0 atom stereocenters. The van der Waals surface area contributed by atoms with E-state index in [1.54, 1.807) is 0 Å². The number of carbonyl (C=O) groups excluding carboxylic acids is 1. The normalized spacial score (nSPS) is 11.0. The topological polar surface area (TPSA) is 38.3 Å². The lowest BCUT2D eigenvalue weighted by Crippen LogP contribution is -2.25. The summed E-state index contributed by atoms with van der Waals surface area (Å²) >= 11 is 0. The molecular formula is C18H23NO2. The summed E-state index contributed by atoms with van der Waals surface area (Å²) in [6.45, 7) is 6.36. The summed E-state index contributed by atoms with van der Waals surface area (Å²) in [5, 5.41) is 5.04. The standard InChI is InChI=1S/C18H23NO2/c1-14(2)13-21-12-6-11-19-18(20)17-10-5-8-15-7-3-4-9-16(15)17/h3-5,7-10,14H,6,11-13H2,1-2H3,(H,19,20). The van der Waals surface area contributed by atoms with Crippen LogP contribution in [-0.4, -0.2) is 25.7 Å². The Morgan fingerprint density at radius 2 is 1.90 bits per heavy atom. The molecular weight excluding hydrogens is 262 g/mol. The SMILES string of the molecule is CC(C)COCCCNC(=O)c1cccc2ccccc12. The third kappa shape index (κ3) is 4.57. The van der Waals surface area contributed by atoms with E-state index in [0.29, 0.717) is 19.1 Å². The van der Waals surface area contributed by atoms with Crippen molar-refractivity contribution >= 4 is 16.7 Å². The molecule has 0 aliphatic rings. The first kappa shape index (κ1) is 15.5. The molecule has 1 amide bonds. The number of amides is 1. The lowest BCUT2D eigenvalue weighted by atomic mass is 10.0. The molecule has 0 spiro atoms. The van der Waals surface area contributed by atoms with E-state index in [-0.39, 0.29) is 5.91 Å². The molecule has 0 unspecified atom stereocenters. The fourth-order valence-electron chi connectivity index (χ4n) is 2.21. The molecule has 0 fully saturated rings. The molecule has 0 aliphatic heterocycles. The van der Waals surface area contributed by atoms with E-state index in [0.717, 1.165) is 29.4 Å². The van der Waals surface area contributed by atoms with E-state index in [9.17, 15) is 4.79 Å². The molecule has 21 heavy (non-hydrogen) atoms. The van der Waals surface area contributed by atoms with Crippen LogP contribution in [0.2, 0.25) is 0 Å². The molecule has 3 nitrogen and oxygen atoms in total. The van der Waals surface area contributed by atoms with Gasteiger partial charge in [-0.15, -0.1) is 0 Å². The Kier molecular flexibility index (Phi) is 5.76. The zero-order valence-electron chi connectivity index (χ0n) is 12.8. The van der Waals surface area contributed by atoms with E-state index in [4.69, 9.17) is 4.74 Å². The van der Waals surface area contributed by atoms with Gasteiger partial charge in [-0.25, -0.2) is 0 Å². The Bertz CT molecular complexity index is 587. The predicted molar refractivity (Wildman–Crippen MR) is 86.6 cm³/mol. The van der Waals surface area contributed by atoms with Crippen LogP contribution in [0.3, 0.4) is 0 Å². The van der Waals surface area contributed by atoms with Crippen molar-refractivity contribution in [3.63, 3.8) is 0 Å². The summed E-state index contributed by atoms with van der Waals surface area (Å²) in [6.07, 6.45) is 0.837. The highest BCUT2D eigenvalue weighted by atomic mass is 16.5. The Morgan fingerprint density at radius 3 is 2.71 bits per heavy atom. The number of ether oxygens (including phenoxy) is 1. The molecule has 0 heterocycles. The van der Waals surface area contributed by atoms with Crippen LogP contribution >= 0.6 is 0 Å². The van der Waals surface area contributed by atoms with Gasteiger partial charge in [0.1, 0.15) is 0 Å². The molecule has 2 rings (SSSR count). The molecule has 2 aromatic rings. The van der Waals surface area contributed by atoms with Crippen LogP contribution < -0.4 is 5.32 Å². The number of rotatable bonds is 7. The minimum atomic E-state index is -0.0179. The first-order chi connectivity index (χ1) is 10.2. The van der Waals surface area contributed by atoms with E-state index in [2.05, 4.69) is 19.2 Å². The second-order valence-electron chi connectivity index (χ2n) is 5.60. The predicted octanol–water partition coefficient (Wildman–Crippen LogP) is 3.63. The Morgan fingerprint density at radius 1 is 1.14 bits per heavy atom. The van der Waals surface area contributed by atoms with Crippen molar-refractivity contribution in [2.24, 2.45) is 5.92 Å². The average Bonchev–Trinajstić information content (AvgIpc) is 2.49. The molecule has 0 bridgehead atoms. The second-order valence-corrected chi connectivity index (χ2v) is 5.60. The van der Waals surface area contributed by atoms with Crippen molar-refractivity contribution in [2.45, 2.75) is 20.3 Å². The van der Waals surface area contributed by atoms with Gasteiger partial charge in [-0.2, -0.15) is 0 Å². The van der Waals surface area contributed by atoms with Crippen molar-refractivity contribution in [3.8, 4) is 0 Å². The summed E-state index contributed by atoms with van der Waals surface area (Å²) in [6, 6.07) is 13.7. The smallest absolute Gasteiger partial charge is 0.251 e. The van der Waals surface area contributed by atoms with Crippen LogP contribution in [0.1, 0.15) is 30.6 Å². The number of benzene rings is 2. The third-order valence-electron chi connectivity index (χ3n) is 3.24. The van der Waals surface area contributed by atoms with Gasteiger partial charge >= 0.3 is 0 Å². The first-order valence-electron chi connectivity index (χ1n) is 7.52. The summed E-state index contributed by atoms with van der Waals surface area (Å²) in [4.78, 5) is 12.2. The Hall–Kier alpha value is -1.87. The quantitative estimate of drug-likeness (QED) is 0.789. The van der Waals surface area contributed by atoms with E-state index >= 15 is 0 Å². The van der Waals surface area contributed by atoms with Crippen molar-refractivity contribution in [1.82, 2.24) is 5.32 Å². The minimum absolute atomic E-state index is 0.0179. The fourth-order valence-corrected chi connectivity index (χ4v) is 2.21. The van der Waals surface area contributed by atoms with Crippen molar-refractivity contribution < 1.29 is 9.53 Å². The van der Waals surface area contributed by atoms with Crippen LogP contribution in [0.25, 0.3) is 10.8 Å². The summed E-state index contributed by atoms with van der Waals surface area (Å²) in [5.74, 6) is 0.533. The lowest BCUT2D eigenvalue weighted by Gasteiger charge is -2.09. The molecule has 2 aromatic carbocycles. The monoisotopic (exact) mass is 285 g/mol. The summed E-state index contributed by atoms with van der Waals surface area (Å²) in [5.41, 5.74) is 0.733. The highest BCUT2D eigenvalue weighted by Crippen LogP contribution is 2.18. The lowest BCUT2D eigenvalue weighted by molar-refractivity contribution is 0.0926. The minimum Gasteiger partial charge on any atom is -0.381 e. The maximum atomic E-state index is 12.2. The number of hydrogen-bond acceptors (Lipinski definition) is 2. The zero-order chi connectivity index (χ0) is 15.1. The molecule has 3 heteroatoms. The highest BCUT2D eigenvalue weighted by Gasteiger charge is 2.08. The first-order valence-corrected chi connectivity index (χ1v) is 7.52. The maximum Gasteiger partial charge on any atom is 0.251 e. The van der Waals surface area contributed by atoms with Crippen LogP contribution in [0.4, 0.5) is 0 Å². The van der Waals surface area contributed by atoms with Gasteiger partial charge in [0.05, 0.1) is 0 Å². The molecule has 0 radical (unpaired) electrons. The van der Waals surface area contributed by atoms with Gasteiger partial charge in [0.15, 0.2) is 0 Å². The van der Waals surface area contributed by atoms with Crippen LogP contribution in [0, 0.1) is 5.92 Å². The van der Waals surface area contributed by atoms with Gasteiger partial charge in [-0.1, -0.05) is 50.2 Å². The Labute approximate surface area is 126 Å². The second kappa shape index (κ2) is 7.79. The van der Waals surface area contributed by atoms with E-state index < -0.39 is 0 Å². The van der Waals surface area contributed by atoms with Crippen LogP contribution in [-0.2, 0) is 4.74 Å².